The molecule has 32 heavy (non-hydrogen) atoms. The van der Waals surface area contributed by atoms with E-state index in [2.05, 4.69) is 15.3 Å². The number of anilines is 1. The molecule has 0 unspecified atom stereocenters. The first-order chi connectivity index (χ1) is 15.3. The number of methoxy groups -OCH3 is 1. The third-order valence-electron chi connectivity index (χ3n) is 4.67. The molecular formula is C23H25N3O4S2. The molecule has 3 aromatic rings. The second-order valence-corrected chi connectivity index (χ2v) is 9.12. The topological polar surface area (TPSA) is 90.4 Å². The lowest BCUT2D eigenvalue weighted by Crippen LogP contribution is -2.16. The van der Waals surface area contributed by atoms with Gasteiger partial charge < -0.3 is 14.8 Å². The highest BCUT2D eigenvalue weighted by molar-refractivity contribution is 7.99. The van der Waals surface area contributed by atoms with E-state index >= 15 is 0 Å². The van der Waals surface area contributed by atoms with Crippen molar-refractivity contribution in [1.82, 2.24) is 9.97 Å². The number of rotatable bonds is 8. The molecule has 0 radical (unpaired) electrons. The van der Waals surface area contributed by atoms with Gasteiger partial charge in [0.1, 0.15) is 10.8 Å². The van der Waals surface area contributed by atoms with Crippen LogP contribution in [0.5, 0.6) is 5.75 Å². The number of hydrogen-bond acceptors (Lipinski definition) is 8. The van der Waals surface area contributed by atoms with E-state index in [1.807, 2.05) is 51.1 Å². The molecule has 0 saturated carbocycles. The predicted octanol–water partition coefficient (Wildman–Crippen LogP) is 5.05. The Kier molecular flexibility index (Phi) is 7.87. The Morgan fingerprint density at radius 2 is 1.84 bits per heavy atom. The summed E-state index contributed by atoms with van der Waals surface area (Å²) in [5, 5.41) is 3.86. The second kappa shape index (κ2) is 10.6. The minimum absolute atomic E-state index is 0.115. The molecule has 0 spiro atoms. The van der Waals surface area contributed by atoms with Gasteiger partial charge in [-0.25, -0.2) is 14.8 Å². The van der Waals surface area contributed by atoms with E-state index in [0.717, 1.165) is 33.1 Å². The molecule has 0 saturated heterocycles. The minimum atomic E-state index is -0.427. The summed E-state index contributed by atoms with van der Waals surface area (Å²) in [5.41, 5.74) is 3.76. The molecule has 9 heteroatoms. The zero-order valence-corrected chi connectivity index (χ0v) is 20.3. The molecule has 1 aromatic carbocycles. The monoisotopic (exact) mass is 471 g/mol. The lowest BCUT2D eigenvalue weighted by molar-refractivity contribution is -0.113. The van der Waals surface area contributed by atoms with Crippen molar-refractivity contribution in [2.24, 2.45) is 0 Å². The first-order valence-corrected chi connectivity index (χ1v) is 11.8. The third kappa shape index (κ3) is 5.66. The fraction of sp³-hybridized carbons (Fsp3) is 0.304. The highest BCUT2D eigenvalue weighted by Gasteiger charge is 2.22. The number of nitrogens with zero attached hydrogens (tertiary/aromatic N) is 2. The number of aromatic nitrogens is 2. The van der Waals surface area contributed by atoms with Crippen LogP contribution in [0.4, 0.5) is 5.00 Å². The van der Waals surface area contributed by atoms with Crippen LogP contribution >= 0.6 is 23.1 Å². The Labute approximate surface area is 195 Å². The number of thioether (sulfide) groups is 1. The van der Waals surface area contributed by atoms with E-state index in [4.69, 9.17) is 9.47 Å². The molecule has 2 heterocycles. The first kappa shape index (κ1) is 23.7. The second-order valence-electron chi connectivity index (χ2n) is 6.95. The van der Waals surface area contributed by atoms with E-state index in [1.165, 1.54) is 23.1 Å². The Hall–Kier alpha value is -2.91. The molecule has 2 aromatic heterocycles. The molecule has 1 amide bonds. The van der Waals surface area contributed by atoms with Crippen LogP contribution in [0, 0.1) is 20.8 Å². The molecule has 0 fully saturated rings. The largest absolute Gasteiger partial charge is 0.497 e. The van der Waals surface area contributed by atoms with Crippen molar-refractivity contribution in [3.05, 3.63) is 52.0 Å². The number of amides is 1. The first-order valence-electron chi connectivity index (χ1n) is 10.0. The molecule has 0 bridgehead atoms. The van der Waals surface area contributed by atoms with Gasteiger partial charge >= 0.3 is 5.97 Å². The lowest BCUT2D eigenvalue weighted by atomic mass is 10.1. The van der Waals surface area contributed by atoms with E-state index < -0.39 is 5.97 Å². The van der Waals surface area contributed by atoms with Crippen LogP contribution in [0.2, 0.25) is 0 Å². The fourth-order valence-corrected chi connectivity index (χ4v) is 4.74. The smallest absolute Gasteiger partial charge is 0.341 e. The van der Waals surface area contributed by atoms with E-state index in [1.54, 1.807) is 14.0 Å². The van der Waals surface area contributed by atoms with Crippen molar-refractivity contribution in [3.8, 4) is 17.0 Å². The van der Waals surface area contributed by atoms with Gasteiger partial charge in [-0.05, 0) is 63.6 Å². The van der Waals surface area contributed by atoms with Crippen molar-refractivity contribution in [2.45, 2.75) is 32.9 Å². The maximum atomic E-state index is 12.6. The van der Waals surface area contributed by atoms with Crippen LogP contribution in [-0.4, -0.2) is 41.3 Å². The van der Waals surface area contributed by atoms with E-state index in [-0.39, 0.29) is 18.3 Å². The summed E-state index contributed by atoms with van der Waals surface area (Å²) < 4.78 is 10.3. The molecule has 7 nitrogen and oxygen atoms in total. The molecular weight excluding hydrogens is 446 g/mol. The number of benzene rings is 1. The van der Waals surface area contributed by atoms with Crippen LogP contribution in [0.15, 0.2) is 35.5 Å². The van der Waals surface area contributed by atoms with Gasteiger partial charge in [0.05, 0.1) is 30.7 Å². The average molecular weight is 472 g/mol. The molecule has 0 atom stereocenters. The normalized spacial score (nSPS) is 10.7. The van der Waals surface area contributed by atoms with Crippen LogP contribution in [-0.2, 0) is 9.53 Å². The third-order valence-corrected chi connectivity index (χ3v) is 6.64. The maximum Gasteiger partial charge on any atom is 0.341 e. The van der Waals surface area contributed by atoms with Gasteiger partial charge in [-0.15, -0.1) is 11.3 Å². The van der Waals surface area contributed by atoms with Crippen LogP contribution < -0.4 is 10.1 Å². The van der Waals surface area contributed by atoms with Crippen molar-refractivity contribution in [2.75, 3.05) is 24.8 Å². The number of esters is 1. The summed E-state index contributed by atoms with van der Waals surface area (Å²) in [5.74, 6) is 0.220. The van der Waals surface area contributed by atoms with Crippen molar-refractivity contribution >= 4 is 40.0 Å². The number of aryl methyl sites for hydroxylation is 2. The number of thiophene rings is 1. The number of nitrogens with one attached hydrogen (secondary N) is 1. The zero-order chi connectivity index (χ0) is 23.3. The maximum absolute atomic E-state index is 12.6. The Bertz CT molecular complexity index is 1130. The molecule has 0 aliphatic heterocycles. The highest BCUT2D eigenvalue weighted by Crippen LogP contribution is 2.33. The number of carbonyl (C=O) groups is 2. The average Bonchev–Trinajstić information content (AvgIpc) is 3.05. The van der Waals surface area contributed by atoms with Crippen LogP contribution in [0.3, 0.4) is 0 Å². The standard InChI is InChI=1S/C23H25N3O4S2/c1-6-30-22(28)20-14(3)15(4)32-21(20)26-19(27)12-31-23-24-13(2)11-18(25-23)16-7-9-17(29-5)10-8-16/h7-11H,6,12H2,1-5H3,(H,26,27). The van der Waals surface area contributed by atoms with Crippen molar-refractivity contribution in [3.63, 3.8) is 0 Å². The summed E-state index contributed by atoms with van der Waals surface area (Å²) in [6.45, 7) is 7.68. The molecule has 0 aliphatic carbocycles. The highest BCUT2D eigenvalue weighted by atomic mass is 32.2. The zero-order valence-electron chi connectivity index (χ0n) is 18.6. The Balaban J connectivity index is 1.71. The van der Waals surface area contributed by atoms with E-state index in [9.17, 15) is 9.59 Å². The predicted molar refractivity (Wildman–Crippen MR) is 128 cm³/mol. The molecule has 1 N–H and O–H groups in total. The summed E-state index contributed by atoms with van der Waals surface area (Å²) in [6, 6.07) is 9.51. The number of hydrogen-bond donors (Lipinski definition) is 1. The Morgan fingerprint density at radius 3 is 2.50 bits per heavy atom. The minimum Gasteiger partial charge on any atom is -0.497 e. The lowest BCUT2D eigenvalue weighted by Gasteiger charge is -2.08. The molecule has 3 rings (SSSR count). The Morgan fingerprint density at radius 1 is 1.12 bits per heavy atom. The van der Waals surface area contributed by atoms with Crippen molar-refractivity contribution < 1.29 is 19.1 Å². The van der Waals surface area contributed by atoms with Gasteiger partial charge in [0.15, 0.2) is 5.16 Å². The number of ether oxygens (including phenoxy) is 2. The summed E-state index contributed by atoms with van der Waals surface area (Å²) in [6.07, 6.45) is 0. The van der Waals surface area contributed by atoms with Gasteiger partial charge in [-0.2, -0.15) is 0 Å². The van der Waals surface area contributed by atoms with Gasteiger partial charge in [-0.1, -0.05) is 11.8 Å². The summed E-state index contributed by atoms with van der Waals surface area (Å²) in [7, 11) is 1.62. The fourth-order valence-electron chi connectivity index (χ4n) is 2.97. The quantitative estimate of drug-likeness (QED) is 0.279. The van der Waals surface area contributed by atoms with Gasteiger partial charge in [0, 0.05) is 16.1 Å². The summed E-state index contributed by atoms with van der Waals surface area (Å²) in [4.78, 5) is 34.9. The number of carbonyl (C=O) groups excluding carboxylic acids is 2. The van der Waals surface area contributed by atoms with Gasteiger partial charge in [-0.3, -0.25) is 4.79 Å². The van der Waals surface area contributed by atoms with Crippen LogP contribution in [0.25, 0.3) is 11.3 Å². The molecule has 0 aliphatic rings. The van der Waals surface area contributed by atoms with Crippen molar-refractivity contribution in [1.29, 1.82) is 0 Å². The summed E-state index contributed by atoms with van der Waals surface area (Å²) >= 11 is 2.61. The van der Waals surface area contributed by atoms with Gasteiger partial charge in [0.2, 0.25) is 5.91 Å². The molecule has 168 valence electrons. The van der Waals surface area contributed by atoms with Gasteiger partial charge in [0.25, 0.3) is 0 Å². The van der Waals surface area contributed by atoms with Crippen LogP contribution in [0.1, 0.15) is 33.4 Å². The SMILES string of the molecule is CCOC(=O)c1c(NC(=O)CSc2nc(C)cc(-c3ccc(OC)cc3)n2)sc(C)c1C. The van der Waals surface area contributed by atoms with E-state index in [0.29, 0.717) is 15.7 Å².